The molecule has 17 heavy (non-hydrogen) atoms. The lowest BCUT2D eigenvalue weighted by Crippen LogP contribution is -2.41. The third kappa shape index (κ3) is 8.32. The van der Waals surface area contributed by atoms with E-state index in [4.69, 9.17) is 20.3 Å². The molecule has 7 heteroatoms. The van der Waals surface area contributed by atoms with Crippen molar-refractivity contribution in [1.29, 1.82) is 0 Å². The highest BCUT2D eigenvalue weighted by molar-refractivity contribution is 7.51. The average Bonchev–Trinajstić information content (AvgIpc) is 2.13. The van der Waals surface area contributed by atoms with Crippen molar-refractivity contribution in [3.8, 4) is 0 Å². The second kappa shape index (κ2) is 7.11. The van der Waals surface area contributed by atoms with Gasteiger partial charge in [-0.3, -0.25) is 9.36 Å². The number of hydrogen-bond donors (Lipinski definition) is 3. The van der Waals surface area contributed by atoms with E-state index < -0.39 is 31.9 Å². The molecule has 0 radical (unpaired) electrons. The van der Waals surface area contributed by atoms with Gasteiger partial charge in [-0.25, -0.2) is 0 Å². The quantitative estimate of drug-likeness (QED) is 0.466. The van der Waals surface area contributed by atoms with Crippen LogP contribution in [0.15, 0.2) is 0 Å². The molecule has 0 aromatic rings. The van der Waals surface area contributed by atoms with Crippen molar-refractivity contribution in [3.63, 3.8) is 0 Å². The van der Waals surface area contributed by atoms with E-state index in [1.54, 1.807) is 6.92 Å². The van der Waals surface area contributed by atoms with E-state index >= 15 is 0 Å². The van der Waals surface area contributed by atoms with Gasteiger partial charge in [0.25, 0.3) is 0 Å². The molecule has 4 N–H and O–H groups in total. The molecule has 0 aromatic carbocycles. The molecule has 0 saturated carbocycles. The number of carbonyl (C=O) groups is 1. The van der Waals surface area contributed by atoms with Crippen LogP contribution in [0.5, 0.6) is 0 Å². The molecule has 0 aliphatic heterocycles. The van der Waals surface area contributed by atoms with Crippen LogP contribution in [0.25, 0.3) is 0 Å². The molecule has 0 spiro atoms. The summed E-state index contributed by atoms with van der Waals surface area (Å²) in [4.78, 5) is 29.0. The van der Waals surface area contributed by atoms with E-state index in [0.29, 0.717) is 6.42 Å². The monoisotopic (exact) mass is 267 g/mol. The van der Waals surface area contributed by atoms with Crippen LogP contribution in [0.2, 0.25) is 0 Å². The Morgan fingerprint density at radius 1 is 1.41 bits per heavy atom. The topological polar surface area (TPSA) is 110 Å². The molecule has 0 heterocycles. The zero-order chi connectivity index (χ0) is 13.6. The van der Waals surface area contributed by atoms with Gasteiger partial charge in [0, 0.05) is 12.5 Å². The first kappa shape index (κ1) is 16.6. The lowest BCUT2D eigenvalue weighted by atomic mass is 10.0. The van der Waals surface area contributed by atoms with Crippen LogP contribution in [0, 0.1) is 5.92 Å². The zero-order valence-electron chi connectivity index (χ0n) is 10.5. The van der Waals surface area contributed by atoms with Gasteiger partial charge < -0.3 is 20.3 Å². The fourth-order valence-electron chi connectivity index (χ4n) is 1.44. The van der Waals surface area contributed by atoms with E-state index in [1.807, 2.05) is 13.8 Å². The standard InChI is InChI=1S/C10H22NO5P/c1-4-10(12)16-9(6-17(13,14)15)8(11)5-7(2)3/h7-9H,4-6,11H2,1-3H3,(H2,13,14,15). The third-order valence-electron chi connectivity index (χ3n) is 2.21. The van der Waals surface area contributed by atoms with Gasteiger partial charge in [0.15, 0.2) is 0 Å². The smallest absolute Gasteiger partial charge is 0.329 e. The second-order valence-corrected chi connectivity index (χ2v) is 6.22. The number of rotatable bonds is 7. The van der Waals surface area contributed by atoms with Crippen LogP contribution in [-0.4, -0.2) is 34.1 Å². The molecular weight excluding hydrogens is 245 g/mol. The minimum atomic E-state index is -4.24. The van der Waals surface area contributed by atoms with E-state index in [1.165, 1.54) is 0 Å². The van der Waals surface area contributed by atoms with Gasteiger partial charge in [0.05, 0.1) is 6.16 Å². The largest absolute Gasteiger partial charge is 0.460 e. The van der Waals surface area contributed by atoms with Crippen LogP contribution < -0.4 is 5.73 Å². The van der Waals surface area contributed by atoms with Crippen molar-refractivity contribution in [2.75, 3.05) is 6.16 Å². The second-order valence-electron chi connectivity index (χ2n) is 4.52. The predicted octanol–water partition coefficient (Wildman–Crippen LogP) is 0.859. The maximum absolute atomic E-state index is 11.2. The van der Waals surface area contributed by atoms with Crippen molar-refractivity contribution in [1.82, 2.24) is 0 Å². The minimum Gasteiger partial charge on any atom is -0.460 e. The van der Waals surface area contributed by atoms with Crippen molar-refractivity contribution in [3.05, 3.63) is 0 Å². The summed E-state index contributed by atoms with van der Waals surface area (Å²) < 4.78 is 15.9. The van der Waals surface area contributed by atoms with Crippen LogP contribution in [0.1, 0.15) is 33.6 Å². The summed E-state index contributed by atoms with van der Waals surface area (Å²) in [5.41, 5.74) is 5.81. The molecule has 0 aliphatic rings. The maximum Gasteiger partial charge on any atom is 0.329 e. The lowest BCUT2D eigenvalue weighted by molar-refractivity contribution is -0.148. The summed E-state index contributed by atoms with van der Waals surface area (Å²) in [7, 11) is -4.24. The fraction of sp³-hybridized carbons (Fsp3) is 0.900. The Hall–Kier alpha value is -0.420. The summed E-state index contributed by atoms with van der Waals surface area (Å²) in [6.45, 7) is 5.50. The average molecular weight is 267 g/mol. The molecule has 0 aromatic heterocycles. The van der Waals surface area contributed by atoms with E-state index in [-0.39, 0.29) is 12.3 Å². The molecule has 0 amide bonds. The molecule has 2 atom stereocenters. The van der Waals surface area contributed by atoms with Gasteiger partial charge >= 0.3 is 13.6 Å². The van der Waals surface area contributed by atoms with Gasteiger partial charge in [0.2, 0.25) is 0 Å². The molecule has 6 nitrogen and oxygen atoms in total. The van der Waals surface area contributed by atoms with Gasteiger partial charge in [-0.15, -0.1) is 0 Å². The van der Waals surface area contributed by atoms with Crippen molar-refractivity contribution in [2.24, 2.45) is 11.7 Å². The molecule has 0 fully saturated rings. The Bertz CT molecular complexity index is 288. The summed E-state index contributed by atoms with van der Waals surface area (Å²) in [6, 6.07) is -0.557. The van der Waals surface area contributed by atoms with E-state index in [2.05, 4.69) is 0 Å². The van der Waals surface area contributed by atoms with Gasteiger partial charge in [-0.2, -0.15) is 0 Å². The van der Waals surface area contributed by atoms with E-state index in [0.717, 1.165) is 0 Å². The van der Waals surface area contributed by atoms with Crippen LogP contribution in [0.3, 0.4) is 0 Å². The summed E-state index contributed by atoms with van der Waals surface area (Å²) in [5.74, 6) is -0.229. The van der Waals surface area contributed by atoms with Crippen molar-refractivity contribution in [2.45, 2.75) is 45.8 Å². The summed E-state index contributed by atoms with van der Waals surface area (Å²) in [5, 5.41) is 0. The van der Waals surface area contributed by atoms with Gasteiger partial charge in [-0.1, -0.05) is 20.8 Å². The number of ether oxygens (including phenoxy) is 1. The highest BCUT2D eigenvalue weighted by Crippen LogP contribution is 2.36. The minimum absolute atomic E-state index is 0.159. The first-order valence-corrected chi connectivity index (χ1v) is 7.45. The normalized spacial score (nSPS) is 15.7. The van der Waals surface area contributed by atoms with Crippen molar-refractivity contribution >= 4 is 13.6 Å². The fourth-order valence-corrected chi connectivity index (χ4v) is 2.26. The zero-order valence-corrected chi connectivity index (χ0v) is 11.4. The van der Waals surface area contributed by atoms with Crippen molar-refractivity contribution < 1.29 is 23.9 Å². The number of nitrogens with two attached hydrogens (primary N) is 1. The summed E-state index contributed by atoms with van der Waals surface area (Å²) >= 11 is 0. The van der Waals surface area contributed by atoms with Crippen LogP contribution in [0.4, 0.5) is 0 Å². The first-order chi connectivity index (χ1) is 7.65. The molecule has 0 bridgehead atoms. The Morgan fingerprint density at radius 2 is 1.94 bits per heavy atom. The number of esters is 1. The number of hydrogen-bond acceptors (Lipinski definition) is 4. The Kier molecular flexibility index (Phi) is 6.94. The first-order valence-electron chi connectivity index (χ1n) is 5.65. The molecule has 0 rings (SSSR count). The van der Waals surface area contributed by atoms with E-state index in [9.17, 15) is 9.36 Å². The molecule has 2 unspecified atom stereocenters. The molecule has 0 saturated heterocycles. The third-order valence-corrected chi connectivity index (χ3v) is 3.05. The van der Waals surface area contributed by atoms with Gasteiger partial charge in [-0.05, 0) is 12.3 Å². The Balaban J connectivity index is 4.60. The Morgan fingerprint density at radius 3 is 2.29 bits per heavy atom. The highest BCUT2D eigenvalue weighted by atomic mass is 31.2. The Labute approximate surface area is 102 Å². The van der Waals surface area contributed by atoms with Crippen LogP contribution in [-0.2, 0) is 14.1 Å². The molecule has 0 aliphatic carbocycles. The molecule has 102 valence electrons. The van der Waals surface area contributed by atoms with Gasteiger partial charge in [0.1, 0.15) is 6.10 Å². The predicted molar refractivity (Wildman–Crippen MR) is 64.5 cm³/mol. The SMILES string of the molecule is CCC(=O)OC(CP(=O)(O)O)C(N)CC(C)C. The lowest BCUT2D eigenvalue weighted by Gasteiger charge is -2.25. The number of carbonyl (C=O) groups excluding carboxylic acids is 1. The van der Waals surface area contributed by atoms with Crippen LogP contribution >= 0.6 is 7.60 Å². The molecular formula is C10H22NO5P. The maximum atomic E-state index is 11.2. The highest BCUT2D eigenvalue weighted by Gasteiger charge is 2.29. The summed E-state index contributed by atoms with van der Waals surface area (Å²) in [6.07, 6.45) is -0.744.